The van der Waals surface area contributed by atoms with Gasteiger partial charge in [-0.15, -0.1) is 0 Å². The van der Waals surface area contributed by atoms with Gasteiger partial charge in [0.05, 0.1) is 6.26 Å². The maximum Gasteiger partial charge on any atom is 0.261 e. The highest BCUT2D eigenvalue weighted by molar-refractivity contribution is 7.85. The molecular formula is C12H15NO3S. The van der Waals surface area contributed by atoms with Crippen LogP contribution in [-0.2, 0) is 10.1 Å². The number of benzene rings is 1. The lowest BCUT2D eigenvalue weighted by atomic mass is 10.4. The molecule has 2 rings (SSSR count). The molecule has 0 amide bonds. The highest BCUT2D eigenvalue weighted by Crippen LogP contribution is 1.79. The van der Waals surface area contributed by atoms with Gasteiger partial charge in [-0.3, -0.25) is 9.54 Å². The standard InChI is InChI=1S/C6H6.C5H5N.CH4O3S/c2*1-2-4-6-5-3-1;1-5(2,3)4/h1-6H;1-5H;1H3,(H,2,3,4). The Kier molecular flexibility index (Phi) is 8.54. The van der Waals surface area contributed by atoms with Gasteiger partial charge in [-0.25, -0.2) is 0 Å². The molecule has 1 N–H and O–H groups in total. The van der Waals surface area contributed by atoms with Crippen LogP contribution in [0, 0.1) is 0 Å². The maximum absolute atomic E-state index is 9.19. The predicted molar refractivity (Wildman–Crippen MR) is 68.2 cm³/mol. The molecule has 0 saturated heterocycles. The Morgan fingerprint density at radius 2 is 1.00 bits per heavy atom. The molecule has 0 aliphatic rings. The van der Waals surface area contributed by atoms with Crippen LogP contribution < -0.4 is 0 Å². The first-order valence-electron chi connectivity index (χ1n) is 4.77. The van der Waals surface area contributed by atoms with Crippen LogP contribution in [0.4, 0.5) is 0 Å². The van der Waals surface area contributed by atoms with E-state index in [0.717, 1.165) is 0 Å². The minimum absolute atomic E-state index is 0.715. The summed E-state index contributed by atoms with van der Waals surface area (Å²) in [4.78, 5) is 3.78. The van der Waals surface area contributed by atoms with Crippen LogP contribution >= 0.6 is 0 Å². The molecule has 1 aromatic carbocycles. The highest BCUT2D eigenvalue weighted by atomic mass is 32.2. The predicted octanol–water partition coefficient (Wildman–Crippen LogP) is 2.27. The number of hydrogen-bond donors (Lipinski definition) is 1. The first kappa shape index (κ1) is 15.3. The van der Waals surface area contributed by atoms with Crippen molar-refractivity contribution in [2.75, 3.05) is 6.26 Å². The van der Waals surface area contributed by atoms with Crippen molar-refractivity contribution in [3.05, 3.63) is 67.0 Å². The number of aromatic nitrogens is 1. The molecule has 92 valence electrons. The molecule has 0 unspecified atom stereocenters. The summed E-state index contributed by atoms with van der Waals surface area (Å²) < 4.78 is 25.9. The lowest BCUT2D eigenvalue weighted by molar-refractivity contribution is 0.490. The van der Waals surface area contributed by atoms with Gasteiger partial charge in [0, 0.05) is 12.4 Å². The van der Waals surface area contributed by atoms with Gasteiger partial charge in [-0.1, -0.05) is 42.5 Å². The quantitative estimate of drug-likeness (QED) is 0.731. The summed E-state index contributed by atoms with van der Waals surface area (Å²) >= 11 is 0. The highest BCUT2D eigenvalue weighted by Gasteiger charge is 1.81. The van der Waals surface area contributed by atoms with Crippen molar-refractivity contribution >= 4 is 10.1 Å². The van der Waals surface area contributed by atoms with E-state index in [1.807, 2.05) is 54.6 Å². The zero-order valence-corrected chi connectivity index (χ0v) is 10.3. The average molecular weight is 253 g/mol. The van der Waals surface area contributed by atoms with Gasteiger partial charge in [-0.2, -0.15) is 8.42 Å². The fourth-order valence-corrected chi connectivity index (χ4v) is 0.698. The van der Waals surface area contributed by atoms with Crippen LogP contribution in [0.15, 0.2) is 67.0 Å². The molecular weight excluding hydrogens is 238 g/mol. The Morgan fingerprint density at radius 3 is 1.12 bits per heavy atom. The summed E-state index contributed by atoms with van der Waals surface area (Å²) in [5.41, 5.74) is 0. The van der Waals surface area contributed by atoms with Crippen LogP contribution in [0.1, 0.15) is 0 Å². The number of nitrogens with zero attached hydrogens (tertiary/aromatic N) is 1. The van der Waals surface area contributed by atoms with Gasteiger partial charge in [0.2, 0.25) is 0 Å². The molecule has 0 saturated carbocycles. The summed E-state index contributed by atoms with van der Waals surface area (Å²) in [5, 5.41) is 0. The fraction of sp³-hybridized carbons (Fsp3) is 0.0833. The van der Waals surface area contributed by atoms with Crippen molar-refractivity contribution in [2.24, 2.45) is 0 Å². The summed E-state index contributed by atoms with van der Waals surface area (Å²) in [6.45, 7) is 0. The average Bonchev–Trinajstić information content (AvgIpc) is 2.32. The van der Waals surface area contributed by atoms with Crippen molar-refractivity contribution in [3.8, 4) is 0 Å². The molecule has 5 heteroatoms. The van der Waals surface area contributed by atoms with E-state index < -0.39 is 10.1 Å². The van der Waals surface area contributed by atoms with Crippen molar-refractivity contribution in [1.82, 2.24) is 4.98 Å². The van der Waals surface area contributed by atoms with Gasteiger partial charge in [-0.05, 0) is 12.1 Å². The first-order valence-corrected chi connectivity index (χ1v) is 6.62. The zero-order chi connectivity index (χ0) is 13.0. The lowest BCUT2D eigenvalue weighted by Gasteiger charge is -1.70. The maximum atomic E-state index is 9.19. The van der Waals surface area contributed by atoms with Gasteiger partial charge in [0.25, 0.3) is 10.1 Å². The van der Waals surface area contributed by atoms with E-state index in [2.05, 4.69) is 4.98 Å². The second-order valence-corrected chi connectivity index (χ2v) is 4.38. The van der Waals surface area contributed by atoms with E-state index >= 15 is 0 Å². The topological polar surface area (TPSA) is 67.3 Å². The number of hydrogen-bond acceptors (Lipinski definition) is 3. The molecule has 2 aromatic rings. The normalized spacial score (nSPS) is 9.06. The Bertz CT molecular complexity index is 365. The number of pyridine rings is 1. The summed E-state index contributed by atoms with van der Waals surface area (Å²) in [6.07, 6.45) is 4.22. The molecule has 0 aliphatic heterocycles. The van der Waals surface area contributed by atoms with Gasteiger partial charge < -0.3 is 0 Å². The largest absolute Gasteiger partial charge is 0.286 e. The summed E-state index contributed by atoms with van der Waals surface area (Å²) in [6, 6.07) is 17.7. The second-order valence-electron chi connectivity index (χ2n) is 2.91. The van der Waals surface area contributed by atoms with E-state index in [0.29, 0.717) is 6.26 Å². The summed E-state index contributed by atoms with van der Waals surface area (Å²) in [5.74, 6) is 0. The third kappa shape index (κ3) is 20.4. The van der Waals surface area contributed by atoms with E-state index in [4.69, 9.17) is 4.55 Å². The Hall–Kier alpha value is -1.72. The fourth-order valence-electron chi connectivity index (χ4n) is 0.698. The van der Waals surface area contributed by atoms with Crippen LogP contribution in [-0.4, -0.2) is 24.2 Å². The molecule has 0 aliphatic carbocycles. The van der Waals surface area contributed by atoms with Crippen molar-refractivity contribution in [2.45, 2.75) is 0 Å². The minimum atomic E-state index is -3.67. The van der Waals surface area contributed by atoms with Crippen molar-refractivity contribution < 1.29 is 13.0 Å². The van der Waals surface area contributed by atoms with Crippen molar-refractivity contribution in [1.29, 1.82) is 0 Å². The Labute approximate surface area is 102 Å². The Morgan fingerprint density at radius 1 is 0.765 bits per heavy atom. The lowest BCUT2D eigenvalue weighted by Crippen LogP contribution is -1.88. The minimum Gasteiger partial charge on any atom is -0.286 e. The van der Waals surface area contributed by atoms with Crippen molar-refractivity contribution in [3.63, 3.8) is 0 Å². The van der Waals surface area contributed by atoms with E-state index in [1.54, 1.807) is 12.4 Å². The van der Waals surface area contributed by atoms with E-state index in [9.17, 15) is 8.42 Å². The SMILES string of the molecule is CS(=O)(=O)O.c1ccccc1.c1ccncc1. The van der Waals surface area contributed by atoms with Crippen LogP contribution in [0.3, 0.4) is 0 Å². The molecule has 1 heterocycles. The second kappa shape index (κ2) is 9.50. The zero-order valence-electron chi connectivity index (χ0n) is 9.47. The molecule has 0 radical (unpaired) electrons. The summed E-state index contributed by atoms with van der Waals surface area (Å²) in [7, 11) is -3.67. The van der Waals surface area contributed by atoms with E-state index in [1.165, 1.54) is 0 Å². The third-order valence-electron chi connectivity index (χ3n) is 1.23. The molecule has 0 spiro atoms. The molecule has 4 nitrogen and oxygen atoms in total. The smallest absolute Gasteiger partial charge is 0.261 e. The van der Waals surface area contributed by atoms with E-state index in [-0.39, 0.29) is 0 Å². The van der Waals surface area contributed by atoms with Gasteiger partial charge in [0.1, 0.15) is 0 Å². The molecule has 17 heavy (non-hydrogen) atoms. The first-order chi connectivity index (χ1) is 8.00. The molecule has 0 atom stereocenters. The molecule has 0 fully saturated rings. The van der Waals surface area contributed by atoms with Crippen LogP contribution in [0.2, 0.25) is 0 Å². The molecule has 0 bridgehead atoms. The van der Waals surface area contributed by atoms with Gasteiger partial charge in [0.15, 0.2) is 0 Å². The van der Waals surface area contributed by atoms with Gasteiger partial charge >= 0.3 is 0 Å². The Balaban J connectivity index is 0.000000228. The number of rotatable bonds is 0. The van der Waals surface area contributed by atoms with Crippen LogP contribution in [0.25, 0.3) is 0 Å². The van der Waals surface area contributed by atoms with Crippen LogP contribution in [0.5, 0.6) is 0 Å². The molecule has 1 aromatic heterocycles. The monoisotopic (exact) mass is 253 g/mol. The third-order valence-corrected chi connectivity index (χ3v) is 1.23.